The molecule has 3 aromatic rings. The first-order chi connectivity index (χ1) is 15.9. The van der Waals surface area contributed by atoms with Crippen molar-refractivity contribution in [2.75, 3.05) is 15.2 Å². The minimum absolute atomic E-state index is 0.0262. The summed E-state index contributed by atoms with van der Waals surface area (Å²) < 4.78 is 0. The number of aryl methyl sites for hydroxylation is 2. The smallest absolute Gasteiger partial charge is 0.272 e. The van der Waals surface area contributed by atoms with Gasteiger partial charge in [-0.25, -0.2) is 4.90 Å². The lowest BCUT2D eigenvalue weighted by Gasteiger charge is -2.22. The van der Waals surface area contributed by atoms with Crippen LogP contribution in [-0.4, -0.2) is 29.5 Å². The second-order valence-electron chi connectivity index (χ2n) is 8.26. The number of hydrogen-bond donors (Lipinski definition) is 1. The molecule has 1 fully saturated rings. The van der Waals surface area contributed by atoms with Crippen LogP contribution < -0.4 is 15.2 Å². The number of nitrogens with one attached hydrogen (secondary N) is 1. The predicted octanol–water partition coefficient (Wildman–Crippen LogP) is 3.68. The van der Waals surface area contributed by atoms with E-state index >= 15 is 0 Å². The van der Waals surface area contributed by atoms with Crippen molar-refractivity contribution in [3.05, 3.63) is 90.0 Å². The molecule has 1 N–H and O–H groups in total. The van der Waals surface area contributed by atoms with E-state index in [2.05, 4.69) is 10.4 Å². The van der Waals surface area contributed by atoms with Gasteiger partial charge in [0.1, 0.15) is 17.7 Å². The highest BCUT2D eigenvalue weighted by Crippen LogP contribution is 2.38. The molecule has 1 saturated heterocycles. The fourth-order valence-electron chi connectivity index (χ4n) is 4.25. The van der Waals surface area contributed by atoms with E-state index < -0.39 is 29.7 Å². The van der Waals surface area contributed by atoms with Gasteiger partial charge < -0.3 is 5.32 Å². The van der Waals surface area contributed by atoms with Crippen molar-refractivity contribution in [2.45, 2.75) is 19.9 Å². The van der Waals surface area contributed by atoms with Crippen LogP contribution in [0.4, 0.5) is 17.1 Å². The molecule has 7 heteroatoms. The molecular weight excluding hydrogens is 416 g/mol. The molecule has 3 aromatic carbocycles. The number of imide groups is 1. The van der Waals surface area contributed by atoms with Crippen molar-refractivity contribution < 1.29 is 14.4 Å². The second kappa shape index (κ2) is 8.02. The highest BCUT2D eigenvalue weighted by Gasteiger charge is 2.58. The van der Waals surface area contributed by atoms with E-state index in [1.54, 1.807) is 36.4 Å². The Morgan fingerprint density at radius 2 is 1.55 bits per heavy atom. The van der Waals surface area contributed by atoms with Gasteiger partial charge in [-0.2, -0.15) is 5.10 Å². The van der Waals surface area contributed by atoms with Crippen LogP contribution in [0.2, 0.25) is 0 Å². The zero-order valence-electron chi connectivity index (χ0n) is 18.2. The Hall–Kier alpha value is -4.26. The number of benzene rings is 3. The average molecular weight is 438 g/mol. The first kappa shape index (κ1) is 20.6. The Morgan fingerprint density at radius 1 is 0.818 bits per heavy atom. The molecule has 0 radical (unpaired) electrons. The number of hydrogen-bond acceptors (Lipinski definition) is 5. The van der Waals surface area contributed by atoms with Gasteiger partial charge in [0.2, 0.25) is 5.91 Å². The number of rotatable bonds is 4. The highest BCUT2D eigenvalue weighted by molar-refractivity contribution is 6.51. The summed E-state index contributed by atoms with van der Waals surface area (Å²) in [7, 11) is 0. The molecule has 164 valence electrons. The van der Waals surface area contributed by atoms with Crippen molar-refractivity contribution >= 4 is 40.5 Å². The zero-order chi connectivity index (χ0) is 23.1. The third kappa shape index (κ3) is 3.57. The van der Waals surface area contributed by atoms with Crippen LogP contribution in [0.3, 0.4) is 0 Å². The van der Waals surface area contributed by atoms with E-state index in [9.17, 15) is 14.4 Å². The van der Waals surface area contributed by atoms with Gasteiger partial charge in [0, 0.05) is 5.69 Å². The molecule has 3 amide bonds. The van der Waals surface area contributed by atoms with E-state index in [-0.39, 0.29) is 5.71 Å². The second-order valence-corrected chi connectivity index (χ2v) is 8.26. The summed E-state index contributed by atoms with van der Waals surface area (Å²) in [6, 6.07) is 22.7. The van der Waals surface area contributed by atoms with Gasteiger partial charge in [-0.15, -0.1) is 0 Å². The number of anilines is 3. The number of carbonyl (C=O) groups is 3. The third-order valence-electron chi connectivity index (χ3n) is 5.87. The molecule has 7 nitrogen and oxygen atoms in total. The van der Waals surface area contributed by atoms with Crippen molar-refractivity contribution in [3.8, 4) is 0 Å². The largest absolute Gasteiger partial charge is 0.321 e. The maximum Gasteiger partial charge on any atom is 0.272 e. The predicted molar refractivity (Wildman–Crippen MR) is 127 cm³/mol. The molecular formula is C26H22N4O3. The Balaban J connectivity index is 1.56. The topological polar surface area (TPSA) is 82.1 Å². The maximum absolute atomic E-state index is 13.5. The van der Waals surface area contributed by atoms with Crippen LogP contribution in [0.5, 0.6) is 0 Å². The Bertz CT molecular complexity index is 1280. The molecule has 33 heavy (non-hydrogen) atoms. The molecule has 5 rings (SSSR count). The van der Waals surface area contributed by atoms with Crippen molar-refractivity contribution in [3.63, 3.8) is 0 Å². The van der Waals surface area contributed by atoms with Gasteiger partial charge in [-0.1, -0.05) is 48.0 Å². The van der Waals surface area contributed by atoms with E-state index in [4.69, 9.17) is 0 Å². The molecule has 0 aromatic heterocycles. The lowest BCUT2D eigenvalue weighted by molar-refractivity contribution is -0.122. The quantitative estimate of drug-likeness (QED) is 0.630. The summed E-state index contributed by atoms with van der Waals surface area (Å²) in [5.74, 6) is -2.35. The van der Waals surface area contributed by atoms with Gasteiger partial charge in [0.05, 0.1) is 11.4 Å². The van der Waals surface area contributed by atoms with E-state index in [1.165, 1.54) is 9.91 Å². The summed E-state index contributed by atoms with van der Waals surface area (Å²) in [5.41, 5.74) is 3.75. The van der Waals surface area contributed by atoms with Gasteiger partial charge in [-0.3, -0.25) is 19.4 Å². The number of amides is 3. The van der Waals surface area contributed by atoms with E-state index in [0.717, 1.165) is 11.1 Å². The van der Waals surface area contributed by atoms with Gasteiger partial charge in [0.15, 0.2) is 0 Å². The third-order valence-corrected chi connectivity index (χ3v) is 5.87. The van der Waals surface area contributed by atoms with Gasteiger partial charge in [0.25, 0.3) is 11.8 Å². The maximum atomic E-state index is 13.5. The van der Waals surface area contributed by atoms with E-state index in [1.807, 2.05) is 56.3 Å². The minimum atomic E-state index is -0.997. The monoisotopic (exact) mass is 438 g/mol. The SMILES string of the molecule is Cc1ccc(N2C(=O)C3C(C(=O)Nc4ccccc4)=NN(c4cccc(C)c4)C3C2=O)cc1. The molecule has 0 spiro atoms. The summed E-state index contributed by atoms with van der Waals surface area (Å²) in [6.07, 6.45) is 0. The van der Waals surface area contributed by atoms with Crippen molar-refractivity contribution in [1.82, 2.24) is 0 Å². The number of carbonyl (C=O) groups excluding carboxylic acids is 3. The molecule has 0 bridgehead atoms. The average Bonchev–Trinajstić information content (AvgIpc) is 3.32. The standard InChI is InChI=1S/C26H22N4O3/c1-16-11-13-19(14-12-16)29-25(32)21-22(24(31)27-18-8-4-3-5-9-18)28-30(23(21)26(29)33)20-10-6-7-17(2)15-20/h3-15,21,23H,1-2H3,(H,27,31). The van der Waals surface area contributed by atoms with Crippen LogP contribution in [0.1, 0.15) is 11.1 Å². The molecule has 2 atom stereocenters. The van der Waals surface area contributed by atoms with Crippen LogP contribution in [0.15, 0.2) is 84.0 Å². The molecule has 2 aliphatic heterocycles. The molecule has 2 unspecified atom stereocenters. The normalized spacial score (nSPS) is 19.5. The van der Waals surface area contributed by atoms with Crippen LogP contribution >= 0.6 is 0 Å². The van der Waals surface area contributed by atoms with E-state index in [0.29, 0.717) is 17.1 Å². The molecule has 2 aliphatic rings. The lowest BCUT2D eigenvalue weighted by Crippen LogP contribution is -2.39. The van der Waals surface area contributed by atoms with Crippen molar-refractivity contribution in [1.29, 1.82) is 0 Å². The van der Waals surface area contributed by atoms with Crippen LogP contribution in [-0.2, 0) is 14.4 Å². The first-order valence-corrected chi connectivity index (χ1v) is 10.7. The minimum Gasteiger partial charge on any atom is -0.321 e. The van der Waals surface area contributed by atoms with Crippen molar-refractivity contribution in [2.24, 2.45) is 11.0 Å². The summed E-state index contributed by atoms with van der Waals surface area (Å²) in [5, 5.41) is 8.80. The number of nitrogens with zero attached hydrogens (tertiary/aromatic N) is 3. The lowest BCUT2D eigenvalue weighted by atomic mass is 9.97. The summed E-state index contributed by atoms with van der Waals surface area (Å²) in [6.45, 7) is 3.87. The number of fused-ring (bicyclic) bond motifs is 1. The number of hydrazone groups is 1. The Kier molecular flexibility index (Phi) is 5.01. The fraction of sp³-hybridized carbons (Fsp3) is 0.154. The first-order valence-electron chi connectivity index (χ1n) is 10.7. The van der Waals surface area contributed by atoms with Gasteiger partial charge in [-0.05, 0) is 55.8 Å². The molecule has 2 heterocycles. The van der Waals surface area contributed by atoms with Crippen LogP contribution in [0, 0.1) is 19.8 Å². The van der Waals surface area contributed by atoms with Crippen LogP contribution in [0.25, 0.3) is 0 Å². The fourth-order valence-corrected chi connectivity index (χ4v) is 4.25. The molecule has 0 aliphatic carbocycles. The Labute approximate surface area is 191 Å². The summed E-state index contributed by atoms with van der Waals surface area (Å²) >= 11 is 0. The Morgan fingerprint density at radius 3 is 2.24 bits per heavy atom. The zero-order valence-corrected chi connectivity index (χ0v) is 18.2. The molecule has 0 saturated carbocycles. The van der Waals surface area contributed by atoms with Gasteiger partial charge >= 0.3 is 0 Å². The summed E-state index contributed by atoms with van der Waals surface area (Å²) in [4.78, 5) is 41.4. The highest BCUT2D eigenvalue weighted by atomic mass is 16.2. The number of para-hydroxylation sites is 1.